The van der Waals surface area contributed by atoms with Gasteiger partial charge in [0.25, 0.3) is 5.69 Å². The number of furan rings is 1. The van der Waals surface area contributed by atoms with Gasteiger partial charge in [-0.3, -0.25) is 10.1 Å². The molecule has 2 rings (SSSR count). The van der Waals surface area contributed by atoms with E-state index in [0.717, 1.165) is 0 Å². The molecule has 21 heavy (non-hydrogen) atoms. The average Bonchev–Trinajstić information content (AvgIpc) is 2.91. The number of nitro benzene ring substituents is 1. The van der Waals surface area contributed by atoms with Crippen LogP contribution in [0, 0.1) is 10.1 Å². The Hall–Kier alpha value is -2.68. The van der Waals surface area contributed by atoms with Gasteiger partial charge >= 0.3 is 5.97 Å². The molecule has 0 bridgehead atoms. The zero-order valence-corrected chi connectivity index (χ0v) is 11.9. The van der Waals surface area contributed by atoms with Crippen LogP contribution in [0.25, 0.3) is 0 Å². The van der Waals surface area contributed by atoms with Gasteiger partial charge in [0, 0.05) is 17.7 Å². The van der Waals surface area contributed by atoms with Crippen molar-refractivity contribution in [2.24, 2.45) is 10.9 Å². The molecule has 2 aromatic rings. The maximum Gasteiger partial charge on any atom is 0.400 e. The quantitative estimate of drug-likeness (QED) is 0.296. The summed E-state index contributed by atoms with van der Waals surface area (Å²) in [7, 11) is 0. The Balaban J connectivity index is 2.12. The highest BCUT2D eigenvalue weighted by molar-refractivity contribution is 9.10. The summed E-state index contributed by atoms with van der Waals surface area (Å²) in [6.07, 6.45) is 0. The molecule has 0 spiro atoms. The fraction of sp³-hybridized carbons (Fsp3) is 0. The molecular formula is C12H8BrN3O5. The third-order valence-electron chi connectivity index (χ3n) is 2.35. The highest BCUT2D eigenvalue weighted by atomic mass is 79.9. The number of carbonyl (C=O) groups excluding carboxylic acids is 1. The Bertz CT molecular complexity index is 725. The Labute approximate surface area is 126 Å². The van der Waals surface area contributed by atoms with Gasteiger partial charge in [0.15, 0.2) is 10.5 Å². The molecule has 1 heterocycles. The molecular weight excluding hydrogens is 346 g/mol. The number of oxime groups is 1. The van der Waals surface area contributed by atoms with E-state index in [0.29, 0.717) is 4.67 Å². The predicted molar refractivity (Wildman–Crippen MR) is 75.6 cm³/mol. The molecule has 0 amide bonds. The highest BCUT2D eigenvalue weighted by Gasteiger charge is 2.13. The van der Waals surface area contributed by atoms with E-state index in [1.165, 1.54) is 36.4 Å². The zero-order valence-electron chi connectivity index (χ0n) is 10.4. The van der Waals surface area contributed by atoms with E-state index in [2.05, 4.69) is 25.9 Å². The van der Waals surface area contributed by atoms with Crippen LogP contribution in [0.3, 0.4) is 0 Å². The lowest BCUT2D eigenvalue weighted by molar-refractivity contribution is -0.384. The average molecular weight is 354 g/mol. The summed E-state index contributed by atoms with van der Waals surface area (Å²) in [5.41, 5.74) is 5.72. The second kappa shape index (κ2) is 6.18. The van der Waals surface area contributed by atoms with Crippen molar-refractivity contribution >= 4 is 33.4 Å². The molecule has 0 aliphatic heterocycles. The molecule has 1 aromatic heterocycles. The summed E-state index contributed by atoms with van der Waals surface area (Å²) >= 11 is 3.04. The molecule has 0 aliphatic rings. The fourth-order valence-electron chi connectivity index (χ4n) is 1.39. The van der Waals surface area contributed by atoms with Crippen LogP contribution in [0.4, 0.5) is 5.69 Å². The summed E-state index contributed by atoms with van der Waals surface area (Å²) in [5.74, 6) is -1.07. The summed E-state index contributed by atoms with van der Waals surface area (Å²) in [4.78, 5) is 26.2. The molecule has 108 valence electrons. The van der Waals surface area contributed by atoms with E-state index in [9.17, 15) is 14.9 Å². The standard InChI is InChI=1S/C12H8BrN3O5/c13-10-5-4-9(20-10)12(17)21-15-11(14)7-2-1-3-8(6-7)16(18)19/h1-6H,(H2,14,15). The van der Waals surface area contributed by atoms with E-state index in [1.807, 2.05) is 0 Å². The van der Waals surface area contributed by atoms with Crippen LogP contribution in [0.1, 0.15) is 16.1 Å². The minimum Gasteiger partial charge on any atom is -0.442 e. The lowest BCUT2D eigenvalue weighted by Crippen LogP contribution is -2.15. The van der Waals surface area contributed by atoms with Crippen molar-refractivity contribution in [1.82, 2.24) is 0 Å². The number of nitro groups is 1. The maximum atomic E-state index is 11.6. The van der Waals surface area contributed by atoms with Crippen LogP contribution >= 0.6 is 15.9 Å². The summed E-state index contributed by atoms with van der Waals surface area (Å²) in [6, 6.07) is 8.39. The minimum atomic E-state index is -0.839. The van der Waals surface area contributed by atoms with E-state index >= 15 is 0 Å². The number of hydrogen-bond acceptors (Lipinski definition) is 6. The van der Waals surface area contributed by atoms with Crippen molar-refractivity contribution in [3.8, 4) is 0 Å². The topological polar surface area (TPSA) is 121 Å². The molecule has 8 nitrogen and oxygen atoms in total. The van der Waals surface area contributed by atoms with Gasteiger partial charge < -0.3 is 15.0 Å². The Kier molecular flexibility index (Phi) is 4.33. The molecule has 0 saturated heterocycles. The first-order valence-corrected chi connectivity index (χ1v) is 6.31. The van der Waals surface area contributed by atoms with E-state index < -0.39 is 10.9 Å². The summed E-state index contributed by atoms with van der Waals surface area (Å²) < 4.78 is 5.34. The summed E-state index contributed by atoms with van der Waals surface area (Å²) in [6.45, 7) is 0. The van der Waals surface area contributed by atoms with Crippen molar-refractivity contribution in [1.29, 1.82) is 0 Å². The van der Waals surface area contributed by atoms with Gasteiger partial charge in [-0.2, -0.15) is 0 Å². The van der Waals surface area contributed by atoms with E-state index in [-0.39, 0.29) is 22.8 Å². The molecule has 1 aromatic carbocycles. The van der Waals surface area contributed by atoms with Crippen LogP contribution in [-0.4, -0.2) is 16.7 Å². The van der Waals surface area contributed by atoms with Gasteiger partial charge in [-0.15, -0.1) is 0 Å². The Morgan fingerprint density at radius 1 is 1.38 bits per heavy atom. The molecule has 2 N–H and O–H groups in total. The second-order valence-electron chi connectivity index (χ2n) is 3.77. The number of rotatable bonds is 4. The lowest BCUT2D eigenvalue weighted by Gasteiger charge is -2.00. The number of hydrogen-bond donors (Lipinski definition) is 1. The van der Waals surface area contributed by atoms with Crippen molar-refractivity contribution in [2.75, 3.05) is 0 Å². The number of halogens is 1. The van der Waals surface area contributed by atoms with Crippen LogP contribution in [0.2, 0.25) is 0 Å². The largest absolute Gasteiger partial charge is 0.442 e. The highest BCUT2D eigenvalue weighted by Crippen LogP contribution is 2.15. The molecule has 0 saturated carbocycles. The Morgan fingerprint density at radius 2 is 2.14 bits per heavy atom. The van der Waals surface area contributed by atoms with Crippen LogP contribution in [0.15, 0.2) is 50.6 Å². The molecule has 0 atom stereocenters. The van der Waals surface area contributed by atoms with E-state index in [4.69, 9.17) is 10.2 Å². The first-order chi connectivity index (χ1) is 9.97. The first kappa shape index (κ1) is 14.7. The molecule has 0 aliphatic carbocycles. The van der Waals surface area contributed by atoms with Gasteiger partial charge in [0.05, 0.1) is 4.92 Å². The molecule has 0 unspecified atom stereocenters. The van der Waals surface area contributed by atoms with Crippen molar-refractivity contribution in [2.45, 2.75) is 0 Å². The van der Waals surface area contributed by atoms with Crippen molar-refractivity contribution in [3.05, 3.63) is 62.5 Å². The van der Waals surface area contributed by atoms with Crippen LogP contribution in [0.5, 0.6) is 0 Å². The Morgan fingerprint density at radius 3 is 2.76 bits per heavy atom. The number of non-ortho nitro benzene ring substituents is 1. The van der Waals surface area contributed by atoms with Gasteiger partial charge in [-0.25, -0.2) is 4.79 Å². The van der Waals surface area contributed by atoms with Crippen LogP contribution in [-0.2, 0) is 4.84 Å². The van der Waals surface area contributed by atoms with Crippen molar-refractivity contribution in [3.63, 3.8) is 0 Å². The predicted octanol–water partition coefficient (Wildman–Crippen LogP) is 2.43. The monoisotopic (exact) mass is 353 g/mol. The van der Waals surface area contributed by atoms with Gasteiger partial charge in [-0.05, 0) is 28.1 Å². The second-order valence-corrected chi connectivity index (χ2v) is 4.55. The minimum absolute atomic E-state index is 0.0579. The third kappa shape index (κ3) is 3.66. The number of nitrogens with zero attached hydrogens (tertiary/aromatic N) is 2. The SMILES string of the molecule is N/C(=N/OC(=O)c1ccc(Br)o1)c1cccc([N+](=O)[O-])c1. The number of nitrogens with two attached hydrogens (primary N) is 1. The molecule has 9 heteroatoms. The third-order valence-corrected chi connectivity index (χ3v) is 2.78. The van der Waals surface area contributed by atoms with Crippen LogP contribution < -0.4 is 5.73 Å². The van der Waals surface area contributed by atoms with Crippen molar-refractivity contribution < 1.29 is 19.0 Å². The van der Waals surface area contributed by atoms with Gasteiger partial charge in [0.2, 0.25) is 5.76 Å². The zero-order chi connectivity index (χ0) is 15.4. The lowest BCUT2D eigenvalue weighted by atomic mass is 10.2. The maximum absolute atomic E-state index is 11.6. The van der Waals surface area contributed by atoms with Gasteiger partial charge in [-0.1, -0.05) is 17.3 Å². The van der Waals surface area contributed by atoms with Gasteiger partial charge in [0.1, 0.15) is 0 Å². The van der Waals surface area contributed by atoms with E-state index in [1.54, 1.807) is 0 Å². The smallest absolute Gasteiger partial charge is 0.400 e. The fourth-order valence-corrected chi connectivity index (χ4v) is 1.70. The number of benzene rings is 1. The molecule has 0 fully saturated rings. The number of amidine groups is 1. The normalized spacial score (nSPS) is 11.2. The first-order valence-electron chi connectivity index (χ1n) is 5.52. The summed E-state index contributed by atoms with van der Waals surface area (Å²) in [5, 5.41) is 14.1. The number of carbonyl (C=O) groups is 1. The molecule has 0 radical (unpaired) electrons.